The van der Waals surface area contributed by atoms with Crippen molar-refractivity contribution in [3.8, 4) is 5.75 Å². The van der Waals surface area contributed by atoms with Gasteiger partial charge in [0.2, 0.25) is 0 Å². The van der Waals surface area contributed by atoms with Gasteiger partial charge in [0.1, 0.15) is 11.6 Å². The van der Waals surface area contributed by atoms with Crippen LogP contribution < -0.4 is 4.74 Å². The minimum Gasteiger partial charge on any atom is -0.497 e. The summed E-state index contributed by atoms with van der Waals surface area (Å²) < 4.78 is 18.4. The molecule has 0 spiro atoms. The van der Waals surface area contributed by atoms with Gasteiger partial charge in [-0.2, -0.15) is 0 Å². The Kier molecular flexibility index (Phi) is 8.87. The fourth-order valence-corrected chi connectivity index (χ4v) is 5.85. The summed E-state index contributed by atoms with van der Waals surface area (Å²) in [5, 5.41) is 0. The Hall–Kier alpha value is -3.02. The summed E-state index contributed by atoms with van der Waals surface area (Å²) in [6, 6.07) is 21.6. The predicted molar refractivity (Wildman–Crippen MR) is 150 cm³/mol. The normalized spacial score (nSPS) is 17.1. The van der Waals surface area contributed by atoms with Gasteiger partial charge >= 0.3 is 0 Å². The van der Waals surface area contributed by atoms with Gasteiger partial charge in [-0.05, 0) is 104 Å². The van der Waals surface area contributed by atoms with Crippen molar-refractivity contribution in [3.63, 3.8) is 0 Å². The number of carbonyl (C=O) groups excluding carboxylic acids is 1. The van der Waals surface area contributed by atoms with Crippen LogP contribution in [0.5, 0.6) is 5.75 Å². The van der Waals surface area contributed by atoms with Crippen LogP contribution in [-0.2, 0) is 25.9 Å². The van der Waals surface area contributed by atoms with Crippen molar-refractivity contribution in [2.24, 2.45) is 5.92 Å². The summed E-state index contributed by atoms with van der Waals surface area (Å²) in [6.45, 7) is 5.94. The van der Waals surface area contributed by atoms with Crippen LogP contribution in [0.1, 0.15) is 58.3 Å². The number of hydrogen-bond acceptors (Lipinski definition) is 4. The molecule has 5 rings (SSSR count). The lowest BCUT2D eigenvalue weighted by Crippen LogP contribution is -2.33. The van der Waals surface area contributed by atoms with Crippen molar-refractivity contribution in [2.45, 2.75) is 51.6 Å². The molecule has 38 heavy (non-hydrogen) atoms. The number of methoxy groups -OCH3 is 1. The van der Waals surface area contributed by atoms with Gasteiger partial charge in [0.15, 0.2) is 5.78 Å². The van der Waals surface area contributed by atoms with Crippen molar-refractivity contribution in [2.75, 3.05) is 33.3 Å². The smallest absolute Gasteiger partial charge is 0.162 e. The van der Waals surface area contributed by atoms with Crippen molar-refractivity contribution >= 4 is 5.78 Å². The van der Waals surface area contributed by atoms with E-state index in [-0.39, 0.29) is 11.6 Å². The number of rotatable bonds is 9. The van der Waals surface area contributed by atoms with Gasteiger partial charge in [0, 0.05) is 38.2 Å². The molecule has 5 heteroatoms. The molecule has 2 aliphatic heterocycles. The quantitative estimate of drug-likeness (QED) is 0.313. The molecule has 0 saturated carbocycles. The van der Waals surface area contributed by atoms with E-state index in [1.54, 1.807) is 7.11 Å². The monoisotopic (exact) mass is 514 g/mol. The highest BCUT2D eigenvalue weighted by molar-refractivity contribution is 5.96. The number of halogens is 1. The maximum atomic E-state index is 13.2. The number of fused-ring (bicyclic) bond motifs is 1. The third kappa shape index (κ3) is 7.09. The van der Waals surface area contributed by atoms with Crippen molar-refractivity contribution in [1.29, 1.82) is 0 Å². The van der Waals surface area contributed by atoms with Crippen molar-refractivity contribution in [3.05, 3.63) is 100 Å². The molecular formula is C33H39FN2O2. The zero-order chi connectivity index (χ0) is 26.3. The minimum absolute atomic E-state index is 0.182. The molecule has 0 amide bonds. The summed E-state index contributed by atoms with van der Waals surface area (Å²) in [7, 11) is 1.70. The van der Waals surface area contributed by atoms with E-state index in [1.807, 2.05) is 30.3 Å². The maximum absolute atomic E-state index is 13.2. The Morgan fingerprint density at radius 1 is 0.816 bits per heavy atom. The number of nitrogens with zero attached hydrogens (tertiary/aromatic N) is 2. The molecule has 0 aromatic heterocycles. The molecule has 0 radical (unpaired) electrons. The average Bonchev–Trinajstić information content (AvgIpc) is 3.16. The van der Waals surface area contributed by atoms with Crippen LogP contribution >= 0.6 is 0 Å². The second-order valence-electron chi connectivity index (χ2n) is 10.9. The number of ketones is 1. The first kappa shape index (κ1) is 26.6. The molecule has 0 aliphatic carbocycles. The molecule has 3 aromatic rings. The van der Waals surface area contributed by atoms with E-state index in [9.17, 15) is 9.18 Å². The summed E-state index contributed by atoms with van der Waals surface area (Å²) in [6.07, 6.45) is 5.86. The number of piperidine rings is 1. The molecule has 0 bridgehead atoms. The van der Waals surface area contributed by atoms with Gasteiger partial charge in [-0.3, -0.25) is 14.6 Å². The van der Waals surface area contributed by atoms with Gasteiger partial charge < -0.3 is 4.74 Å². The van der Waals surface area contributed by atoms with Crippen LogP contribution in [0.2, 0.25) is 0 Å². The van der Waals surface area contributed by atoms with E-state index < -0.39 is 0 Å². The van der Waals surface area contributed by atoms with Gasteiger partial charge in [-0.15, -0.1) is 0 Å². The standard InChI is InChI=1S/C33H39FN2O2/c1-38-32-11-4-27(5-12-32)24-36-20-16-28-7-8-30(22-29(28)17-21-36)33(37)13-6-25-14-18-35(19-15-25)23-26-2-9-31(34)10-3-26/h2-5,7-12,22,25H,6,13-21,23-24H2,1H3. The lowest BCUT2D eigenvalue weighted by atomic mass is 9.89. The maximum Gasteiger partial charge on any atom is 0.162 e. The van der Waals surface area contributed by atoms with E-state index in [0.717, 1.165) is 88.2 Å². The Balaban J connectivity index is 1.08. The Morgan fingerprint density at radius 2 is 1.42 bits per heavy atom. The molecule has 0 N–H and O–H groups in total. The zero-order valence-corrected chi connectivity index (χ0v) is 22.5. The second-order valence-corrected chi connectivity index (χ2v) is 10.9. The average molecular weight is 515 g/mol. The van der Waals surface area contributed by atoms with Crippen molar-refractivity contribution in [1.82, 2.24) is 9.80 Å². The summed E-state index contributed by atoms with van der Waals surface area (Å²) in [4.78, 5) is 18.0. The molecule has 0 atom stereocenters. The SMILES string of the molecule is COc1ccc(CN2CCc3ccc(C(=O)CCC4CCN(Cc5ccc(F)cc5)CC4)cc3CC2)cc1. The number of hydrogen-bond donors (Lipinski definition) is 0. The second kappa shape index (κ2) is 12.7. The van der Waals surface area contributed by atoms with Crippen LogP contribution in [0.15, 0.2) is 66.7 Å². The number of Topliss-reactive ketones (excluding diaryl/α,β-unsaturated/α-hetero) is 1. The van der Waals surface area contributed by atoms with Crippen LogP contribution in [0.25, 0.3) is 0 Å². The highest BCUT2D eigenvalue weighted by Gasteiger charge is 2.21. The molecule has 0 unspecified atom stereocenters. The summed E-state index contributed by atoms with van der Waals surface area (Å²) >= 11 is 0. The molecule has 4 nitrogen and oxygen atoms in total. The molecule has 2 aliphatic rings. The molecule has 1 fully saturated rings. The fraction of sp³-hybridized carbons (Fsp3) is 0.424. The molecule has 200 valence electrons. The number of likely N-dealkylation sites (tertiary alicyclic amines) is 1. The summed E-state index contributed by atoms with van der Waals surface area (Å²) in [5.41, 5.74) is 6.05. The van der Waals surface area contributed by atoms with Gasteiger partial charge in [0.05, 0.1) is 7.11 Å². The zero-order valence-electron chi connectivity index (χ0n) is 22.5. The molecular weight excluding hydrogens is 475 g/mol. The largest absolute Gasteiger partial charge is 0.497 e. The van der Waals surface area contributed by atoms with Gasteiger partial charge in [0.25, 0.3) is 0 Å². The minimum atomic E-state index is -0.182. The first-order valence-corrected chi connectivity index (χ1v) is 14.0. The van der Waals surface area contributed by atoms with Gasteiger partial charge in [-0.1, -0.05) is 36.4 Å². The van der Waals surface area contributed by atoms with Crippen LogP contribution in [0.3, 0.4) is 0 Å². The lowest BCUT2D eigenvalue weighted by Gasteiger charge is -2.32. The lowest BCUT2D eigenvalue weighted by molar-refractivity contribution is 0.0961. The number of carbonyl (C=O) groups is 1. The Morgan fingerprint density at radius 3 is 2.08 bits per heavy atom. The number of benzene rings is 3. The topological polar surface area (TPSA) is 32.8 Å². The van der Waals surface area contributed by atoms with Crippen LogP contribution in [0, 0.1) is 11.7 Å². The molecule has 3 aromatic carbocycles. The Bertz CT molecular complexity index is 1200. The molecule has 1 saturated heterocycles. The highest BCUT2D eigenvalue weighted by Crippen LogP contribution is 2.25. The molecule has 2 heterocycles. The van der Waals surface area contributed by atoms with E-state index >= 15 is 0 Å². The van der Waals surface area contributed by atoms with Crippen molar-refractivity contribution < 1.29 is 13.9 Å². The number of ether oxygens (including phenoxy) is 1. The van der Waals surface area contributed by atoms with E-state index in [2.05, 4.69) is 34.1 Å². The van der Waals surface area contributed by atoms with E-state index in [0.29, 0.717) is 12.3 Å². The first-order valence-electron chi connectivity index (χ1n) is 14.0. The summed E-state index contributed by atoms with van der Waals surface area (Å²) in [5.74, 6) is 1.59. The van der Waals surface area contributed by atoms with Gasteiger partial charge in [-0.25, -0.2) is 4.39 Å². The Labute approximate surface area is 226 Å². The van der Waals surface area contributed by atoms with E-state index in [1.165, 1.54) is 28.8 Å². The van der Waals surface area contributed by atoms with Crippen LogP contribution in [-0.4, -0.2) is 48.9 Å². The third-order valence-electron chi connectivity index (χ3n) is 8.29. The fourth-order valence-electron chi connectivity index (χ4n) is 5.85. The van der Waals surface area contributed by atoms with Crippen LogP contribution in [0.4, 0.5) is 4.39 Å². The highest BCUT2D eigenvalue weighted by atomic mass is 19.1. The third-order valence-corrected chi connectivity index (χ3v) is 8.29. The van der Waals surface area contributed by atoms with E-state index in [4.69, 9.17) is 4.74 Å². The predicted octanol–water partition coefficient (Wildman–Crippen LogP) is 6.31. The first-order chi connectivity index (χ1) is 18.6.